The van der Waals surface area contributed by atoms with Crippen molar-refractivity contribution in [1.82, 2.24) is 14.6 Å². The first-order valence-corrected chi connectivity index (χ1v) is 10.9. The highest BCUT2D eigenvalue weighted by Gasteiger charge is 2.14. The van der Waals surface area contributed by atoms with Crippen LogP contribution in [-0.4, -0.2) is 26.5 Å². The number of halogens is 1. The van der Waals surface area contributed by atoms with Crippen molar-refractivity contribution in [2.45, 2.75) is 26.4 Å². The number of rotatable bonds is 6. The van der Waals surface area contributed by atoms with Crippen LogP contribution in [0.5, 0.6) is 0 Å². The minimum Gasteiger partial charge on any atom is -0.456 e. The Morgan fingerprint density at radius 1 is 1.09 bits per heavy atom. The van der Waals surface area contributed by atoms with Gasteiger partial charge in [-0.2, -0.15) is 9.61 Å². The molecule has 1 amide bonds. The first-order chi connectivity index (χ1) is 15.8. The third-order valence-corrected chi connectivity index (χ3v) is 5.85. The van der Waals surface area contributed by atoms with Gasteiger partial charge in [0.15, 0.2) is 0 Å². The lowest BCUT2D eigenvalue weighted by Crippen LogP contribution is -2.17. The van der Waals surface area contributed by atoms with Crippen molar-refractivity contribution < 1.29 is 18.7 Å². The van der Waals surface area contributed by atoms with Crippen LogP contribution in [0.3, 0.4) is 0 Å². The fourth-order valence-electron chi connectivity index (χ4n) is 2.90. The molecule has 0 aliphatic heterocycles. The highest BCUT2D eigenvalue weighted by atomic mass is 32.1. The van der Waals surface area contributed by atoms with Crippen LogP contribution in [-0.2, 0) is 11.3 Å². The lowest BCUT2D eigenvalue weighted by atomic mass is 10.2. The molecule has 0 unspecified atom stereocenters. The van der Waals surface area contributed by atoms with Gasteiger partial charge in [-0.25, -0.2) is 14.2 Å². The molecule has 0 fully saturated rings. The number of benzene rings is 2. The number of esters is 1. The summed E-state index contributed by atoms with van der Waals surface area (Å²) >= 11 is 1.32. The van der Waals surface area contributed by atoms with Gasteiger partial charge in [0.1, 0.15) is 17.4 Å². The van der Waals surface area contributed by atoms with E-state index in [0.29, 0.717) is 21.9 Å². The van der Waals surface area contributed by atoms with Gasteiger partial charge >= 0.3 is 5.97 Å². The zero-order valence-corrected chi connectivity index (χ0v) is 18.6. The molecule has 2 heterocycles. The number of nitrogens with one attached hydrogen (secondary N) is 1. The van der Waals surface area contributed by atoms with E-state index in [9.17, 15) is 18.8 Å². The molecule has 0 aliphatic carbocycles. The van der Waals surface area contributed by atoms with Gasteiger partial charge in [-0.05, 0) is 48.5 Å². The molecule has 0 aliphatic rings. The van der Waals surface area contributed by atoms with E-state index in [1.54, 1.807) is 12.1 Å². The molecule has 8 nitrogen and oxygen atoms in total. The summed E-state index contributed by atoms with van der Waals surface area (Å²) in [5, 5.41) is 7.71. The maximum atomic E-state index is 13.0. The van der Waals surface area contributed by atoms with Gasteiger partial charge in [0.2, 0.25) is 4.96 Å². The van der Waals surface area contributed by atoms with Crippen molar-refractivity contribution in [3.8, 4) is 0 Å². The number of amides is 1. The maximum absolute atomic E-state index is 13.0. The van der Waals surface area contributed by atoms with E-state index in [-0.39, 0.29) is 23.6 Å². The first-order valence-electron chi connectivity index (χ1n) is 10.0. The normalized spacial score (nSPS) is 11.0. The molecule has 10 heteroatoms. The summed E-state index contributed by atoms with van der Waals surface area (Å²) in [7, 11) is 0. The van der Waals surface area contributed by atoms with Crippen LogP contribution in [0.15, 0.2) is 59.4 Å². The third-order valence-electron chi connectivity index (χ3n) is 4.64. The summed E-state index contributed by atoms with van der Waals surface area (Å²) in [6.45, 7) is 3.79. The number of ether oxygens (including phenoxy) is 1. The number of carbonyl (C=O) groups excluding carboxylic acids is 2. The summed E-state index contributed by atoms with van der Waals surface area (Å²) in [6, 6.07) is 12.6. The molecule has 0 atom stereocenters. The molecule has 0 radical (unpaired) electrons. The topological polar surface area (TPSA) is 103 Å². The number of aromatic nitrogens is 3. The van der Waals surface area contributed by atoms with Crippen LogP contribution in [0.4, 0.5) is 10.1 Å². The predicted molar refractivity (Wildman–Crippen MR) is 121 cm³/mol. The molecule has 4 rings (SSSR count). The van der Waals surface area contributed by atoms with Crippen molar-refractivity contribution in [2.24, 2.45) is 0 Å². The average molecular weight is 466 g/mol. The maximum Gasteiger partial charge on any atom is 0.338 e. The van der Waals surface area contributed by atoms with Crippen LogP contribution in [0, 0.1) is 5.82 Å². The van der Waals surface area contributed by atoms with Crippen LogP contribution in [0.2, 0.25) is 0 Å². The smallest absolute Gasteiger partial charge is 0.338 e. The van der Waals surface area contributed by atoms with E-state index < -0.39 is 17.7 Å². The second kappa shape index (κ2) is 9.29. The highest BCUT2D eigenvalue weighted by Crippen LogP contribution is 2.20. The molecule has 2 aromatic carbocycles. The van der Waals surface area contributed by atoms with E-state index in [1.807, 2.05) is 13.8 Å². The van der Waals surface area contributed by atoms with E-state index in [0.717, 1.165) is 5.01 Å². The number of fused-ring (bicyclic) bond motifs is 1. The predicted octanol–water partition coefficient (Wildman–Crippen LogP) is 4.02. The fraction of sp³-hybridized carbons (Fsp3) is 0.174. The Bertz CT molecular complexity index is 1380. The summed E-state index contributed by atoms with van der Waals surface area (Å²) < 4.78 is 19.5. The Balaban J connectivity index is 1.39. The molecule has 0 bridgehead atoms. The third kappa shape index (κ3) is 5.12. The van der Waals surface area contributed by atoms with Gasteiger partial charge < -0.3 is 10.1 Å². The highest BCUT2D eigenvalue weighted by molar-refractivity contribution is 7.16. The fourth-order valence-corrected chi connectivity index (χ4v) is 3.82. The van der Waals surface area contributed by atoms with Crippen LogP contribution < -0.4 is 10.9 Å². The summed E-state index contributed by atoms with van der Waals surface area (Å²) in [4.78, 5) is 41.6. The van der Waals surface area contributed by atoms with Gasteiger partial charge in [0.25, 0.3) is 11.5 Å². The standard InChI is InChI=1S/C23H19FN4O4S/c1-13(2)21-27-28-19(29)11-18(26-23(28)33-21)12-32-22(31)15-5-9-17(10-6-15)25-20(30)14-3-7-16(24)8-4-14/h3-11,13H,12H2,1-2H3,(H,25,30). The Hall–Kier alpha value is -3.92. The number of hydrogen-bond donors (Lipinski definition) is 1. The molecule has 33 heavy (non-hydrogen) atoms. The molecule has 168 valence electrons. The lowest BCUT2D eigenvalue weighted by molar-refractivity contribution is 0.0467. The van der Waals surface area contributed by atoms with Gasteiger partial charge in [0.05, 0.1) is 11.3 Å². The van der Waals surface area contributed by atoms with Crippen molar-refractivity contribution in [1.29, 1.82) is 0 Å². The first kappa shape index (κ1) is 22.3. The molecule has 0 spiro atoms. The Morgan fingerprint density at radius 3 is 2.42 bits per heavy atom. The van der Waals surface area contributed by atoms with Crippen molar-refractivity contribution in [3.63, 3.8) is 0 Å². The number of nitrogens with zero attached hydrogens (tertiary/aromatic N) is 3. The van der Waals surface area contributed by atoms with Gasteiger partial charge in [-0.3, -0.25) is 9.59 Å². The zero-order valence-electron chi connectivity index (χ0n) is 17.7. The molecule has 4 aromatic rings. The largest absolute Gasteiger partial charge is 0.456 e. The molecular formula is C23H19FN4O4S. The molecular weight excluding hydrogens is 447 g/mol. The van der Waals surface area contributed by atoms with Gasteiger partial charge in [-0.15, -0.1) is 0 Å². The Kier molecular flexibility index (Phi) is 6.27. The average Bonchev–Trinajstić information content (AvgIpc) is 3.24. The number of anilines is 1. The van der Waals surface area contributed by atoms with Crippen molar-refractivity contribution >= 4 is 33.9 Å². The Morgan fingerprint density at radius 2 is 1.76 bits per heavy atom. The van der Waals surface area contributed by atoms with E-state index in [1.165, 1.54) is 58.3 Å². The minimum atomic E-state index is -0.597. The van der Waals surface area contributed by atoms with Crippen LogP contribution in [0.1, 0.15) is 51.2 Å². The monoisotopic (exact) mass is 466 g/mol. The van der Waals surface area contributed by atoms with Gasteiger partial charge in [0, 0.05) is 23.2 Å². The Labute approximate surface area is 191 Å². The van der Waals surface area contributed by atoms with Gasteiger partial charge in [-0.1, -0.05) is 25.2 Å². The number of carbonyl (C=O) groups is 2. The quantitative estimate of drug-likeness (QED) is 0.431. The van der Waals surface area contributed by atoms with Crippen molar-refractivity contribution in [2.75, 3.05) is 5.32 Å². The van der Waals surface area contributed by atoms with E-state index >= 15 is 0 Å². The summed E-state index contributed by atoms with van der Waals surface area (Å²) in [5.41, 5.74) is 1.03. The molecule has 0 saturated carbocycles. The second-order valence-electron chi connectivity index (χ2n) is 7.49. The van der Waals surface area contributed by atoms with Crippen LogP contribution in [0.25, 0.3) is 4.96 Å². The van der Waals surface area contributed by atoms with Crippen LogP contribution >= 0.6 is 11.3 Å². The lowest BCUT2D eigenvalue weighted by Gasteiger charge is -2.07. The minimum absolute atomic E-state index is 0.164. The zero-order chi connectivity index (χ0) is 23.5. The van der Waals surface area contributed by atoms with E-state index in [4.69, 9.17) is 4.74 Å². The second-order valence-corrected chi connectivity index (χ2v) is 8.48. The molecule has 1 N–H and O–H groups in total. The summed E-state index contributed by atoms with van der Waals surface area (Å²) in [5.74, 6) is -1.26. The molecule has 0 saturated heterocycles. The molecule has 2 aromatic heterocycles. The van der Waals surface area contributed by atoms with Crippen molar-refractivity contribution in [3.05, 3.63) is 92.6 Å². The SMILES string of the molecule is CC(C)c1nn2c(=O)cc(COC(=O)c3ccc(NC(=O)c4ccc(F)cc4)cc3)nc2s1. The summed E-state index contributed by atoms with van der Waals surface area (Å²) in [6.07, 6.45) is 0. The number of hydrogen-bond acceptors (Lipinski definition) is 7. The van der Waals surface area contributed by atoms with E-state index in [2.05, 4.69) is 15.4 Å².